The van der Waals surface area contributed by atoms with E-state index >= 15 is 0 Å². The minimum absolute atomic E-state index is 0.545. The molecule has 2 rings (SSSR count). The normalized spacial score (nSPS) is 51.3. The molecule has 3 N–H and O–H groups in total. The quantitative estimate of drug-likeness (QED) is 0.556. The molecule has 4 nitrogen and oxygen atoms in total. The van der Waals surface area contributed by atoms with E-state index in [9.17, 15) is 4.79 Å². The lowest BCUT2D eigenvalue weighted by Gasteiger charge is -2.36. The molecule has 2 aliphatic heterocycles. The first-order valence-corrected chi connectivity index (χ1v) is 4.23. The van der Waals surface area contributed by atoms with E-state index in [1.165, 1.54) is 0 Å². The number of fused-ring (bicyclic) bond motifs is 2. The van der Waals surface area contributed by atoms with Gasteiger partial charge in [-0.25, -0.2) is 0 Å². The van der Waals surface area contributed by atoms with Gasteiger partial charge in [0.15, 0.2) is 0 Å². The van der Waals surface area contributed by atoms with Crippen molar-refractivity contribution in [3.63, 3.8) is 0 Å². The first-order valence-electron chi connectivity index (χ1n) is 4.23. The highest BCUT2D eigenvalue weighted by Crippen LogP contribution is 2.46. The number of carboxylic acids is 1. The fraction of sp³-hybridized carbons (Fsp3) is 0.875. The van der Waals surface area contributed by atoms with Crippen molar-refractivity contribution in [2.75, 3.05) is 19.6 Å². The molecule has 0 spiro atoms. The number of aliphatic carboxylic acids is 1. The lowest BCUT2D eigenvalue weighted by Crippen LogP contribution is -2.58. The summed E-state index contributed by atoms with van der Waals surface area (Å²) in [6, 6.07) is 0. The third kappa shape index (κ3) is 0.716. The number of piperidine rings is 1. The molecule has 0 amide bonds. The van der Waals surface area contributed by atoms with E-state index in [4.69, 9.17) is 10.8 Å². The zero-order valence-corrected chi connectivity index (χ0v) is 7.21. The molecule has 3 unspecified atom stereocenters. The highest BCUT2D eigenvalue weighted by molar-refractivity contribution is 5.78. The molecule has 0 radical (unpaired) electrons. The van der Waals surface area contributed by atoms with E-state index in [2.05, 4.69) is 4.90 Å². The van der Waals surface area contributed by atoms with Gasteiger partial charge in [-0.2, -0.15) is 0 Å². The number of hydrogen-bond acceptors (Lipinski definition) is 3. The number of hydrogen-bond donors (Lipinski definition) is 2. The van der Waals surface area contributed by atoms with Gasteiger partial charge in [0.2, 0.25) is 0 Å². The molecule has 0 aromatic rings. The van der Waals surface area contributed by atoms with Gasteiger partial charge >= 0.3 is 5.97 Å². The maximum Gasteiger partial charge on any atom is 0.312 e. The third-order valence-corrected chi connectivity index (χ3v) is 3.40. The second kappa shape index (κ2) is 2.00. The van der Waals surface area contributed by atoms with Gasteiger partial charge in [-0.1, -0.05) is 0 Å². The summed E-state index contributed by atoms with van der Waals surface area (Å²) in [4.78, 5) is 13.2. The molecular weight excluding hydrogens is 156 g/mol. The topological polar surface area (TPSA) is 66.6 Å². The van der Waals surface area contributed by atoms with E-state index in [1.807, 2.05) is 6.92 Å². The summed E-state index contributed by atoms with van der Waals surface area (Å²) in [5.41, 5.74) is 4.76. The smallest absolute Gasteiger partial charge is 0.312 e. The minimum Gasteiger partial charge on any atom is -0.481 e. The van der Waals surface area contributed by atoms with Crippen LogP contribution in [0.25, 0.3) is 0 Å². The van der Waals surface area contributed by atoms with E-state index in [-0.39, 0.29) is 0 Å². The van der Waals surface area contributed by atoms with Crippen molar-refractivity contribution in [1.29, 1.82) is 0 Å². The van der Waals surface area contributed by atoms with Crippen molar-refractivity contribution in [3.8, 4) is 0 Å². The van der Waals surface area contributed by atoms with Crippen LogP contribution >= 0.6 is 0 Å². The van der Waals surface area contributed by atoms with Crippen LogP contribution in [-0.4, -0.2) is 41.1 Å². The van der Waals surface area contributed by atoms with Crippen LogP contribution < -0.4 is 5.73 Å². The molecule has 12 heavy (non-hydrogen) atoms. The Bertz CT molecular complexity index is 239. The lowest BCUT2D eigenvalue weighted by atomic mass is 9.71. The van der Waals surface area contributed by atoms with Gasteiger partial charge in [0.05, 0.1) is 0 Å². The number of rotatable bonds is 1. The van der Waals surface area contributed by atoms with Crippen molar-refractivity contribution in [2.45, 2.75) is 18.9 Å². The monoisotopic (exact) mass is 170 g/mol. The van der Waals surface area contributed by atoms with Crippen molar-refractivity contribution >= 4 is 5.97 Å². The second-order valence-electron chi connectivity index (χ2n) is 4.27. The summed E-state index contributed by atoms with van der Waals surface area (Å²) in [7, 11) is 0. The van der Waals surface area contributed by atoms with Gasteiger partial charge in [-0.3, -0.25) is 4.79 Å². The molecule has 0 saturated carbocycles. The predicted octanol–water partition coefficient (Wildman–Crippen LogP) is -0.506. The Labute approximate surface area is 71.3 Å². The fourth-order valence-electron chi connectivity index (χ4n) is 2.52. The molecule has 0 aliphatic carbocycles. The van der Waals surface area contributed by atoms with Gasteiger partial charge in [0.1, 0.15) is 5.41 Å². The molecule has 2 saturated heterocycles. The second-order valence-corrected chi connectivity index (χ2v) is 4.27. The number of nitrogens with zero attached hydrogens (tertiary/aromatic N) is 1. The predicted molar refractivity (Wildman–Crippen MR) is 43.7 cm³/mol. The first-order chi connectivity index (χ1) is 5.48. The van der Waals surface area contributed by atoms with Crippen LogP contribution in [0.15, 0.2) is 0 Å². The Morgan fingerprint density at radius 2 is 2.25 bits per heavy atom. The van der Waals surface area contributed by atoms with Crippen molar-refractivity contribution in [2.24, 2.45) is 11.1 Å². The summed E-state index contributed by atoms with van der Waals surface area (Å²) >= 11 is 0. The van der Waals surface area contributed by atoms with E-state index < -0.39 is 16.9 Å². The fourth-order valence-corrected chi connectivity index (χ4v) is 2.52. The number of carbonyl (C=O) groups is 1. The summed E-state index contributed by atoms with van der Waals surface area (Å²) in [5, 5.41) is 9.12. The van der Waals surface area contributed by atoms with Gasteiger partial charge in [0, 0.05) is 18.6 Å². The largest absolute Gasteiger partial charge is 0.481 e. The van der Waals surface area contributed by atoms with Crippen LogP contribution in [0.3, 0.4) is 0 Å². The Hall–Kier alpha value is -0.610. The summed E-state index contributed by atoms with van der Waals surface area (Å²) in [6.45, 7) is 4.09. The van der Waals surface area contributed by atoms with Crippen molar-refractivity contribution in [1.82, 2.24) is 4.90 Å². The Kier molecular flexibility index (Phi) is 1.34. The molecule has 2 heterocycles. The molecule has 68 valence electrons. The summed E-state index contributed by atoms with van der Waals surface area (Å²) in [5.74, 6) is -0.729. The first kappa shape index (κ1) is 8.01. The molecule has 2 aliphatic rings. The summed E-state index contributed by atoms with van der Waals surface area (Å²) < 4.78 is 0. The minimum atomic E-state index is -0.729. The standard InChI is InChI=1S/C8H14N2O2/c1-7(9)4-10-3-2-8(7,5-10)6(11)12/h2-5,9H2,1H3,(H,11,12). The van der Waals surface area contributed by atoms with E-state index in [1.54, 1.807) is 0 Å². The van der Waals surface area contributed by atoms with Gasteiger partial charge in [0.25, 0.3) is 0 Å². The lowest BCUT2D eigenvalue weighted by molar-refractivity contribution is -0.150. The molecule has 0 aromatic carbocycles. The number of nitrogens with two attached hydrogens (primary N) is 1. The zero-order chi connectivity index (χ0) is 8.98. The average Bonchev–Trinajstić information content (AvgIpc) is 2.40. The Morgan fingerprint density at radius 3 is 2.50 bits per heavy atom. The third-order valence-electron chi connectivity index (χ3n) is 3.40. The highest BCUT2D eigenvalue weighted by Gasteiger charge is 2.61. The van der Waals surface area contributed by atoms with Crippen molar-refractivity contribution in [3.05, 3.63) is 0 Å². The maximum atomic E-state index is 11.1. The van der Waals surface area contributed by atoms with Gasteiger partial charge in [-0.15, -0.1) is 0 Å². The van der Waals surface area contributed by atoms with Crippen LogP contribution in [0.2, 0.25) is 0 Å². The number of carboxylic acid groups (broad SMARTS) is 1. The van der Waals surface area contributed by atoms with Gasteiger partial charge in [-0.05, 0) is 19.9 Å². The Morgan fingerprint density at radius 1 is 1.58 bits per heavy atom. The van der Waals surface area contributed by atoms with Crippen LogP contribution in [-0.2, 0) is 4.79 Å². The van der Waals surface area contributed by atoms with Crippen LogP contribution in [0.1, 0.15) is 13.3 Å². The van der Waals surface area contributed by atoms with Crippen LogP contribution in [0.5, 0.6) is 0 Å². The van der Waals surface area contributed by atoms with Crippen LogP contribution in [0.4, 0.5) is 0 Å². The molecular formula is C8H14N2O2. The Balaban J connectivity index is 2.39. The van der Waals surface area contributed by atoms with E-state index in [0.29, 0.717) is 13.0 Å². The molecule has 2 bridgehead atoms. The van der Waals surface area contributed by atoms with Gasteiger partial charge < -0.3 is 15.7 Å². The van der Waals surface area contributed by atoms with Crippen LogP contribution in [0, 0.1) is 5.41 Å². The molecule has 4 heteroatoms. The van der Waals surface area contributed by atoms with Crippen molar-refractivity contribution < 1.29 is 9.90 Å². The molecule has 3 atom stereocenters. The maximum absolute atomic E-state index is 11.1. The molecule has 0 aromatic heterocycles. The molecule has 2 fully saturated rings. The zero-order valence-electron chi connectivity index (χ0n) is 7.21. The van der Waals surface area contributed by atoms with E-state index in [0.717, 1.165) is 13.1 Å². The summed E-state index contributed by atoms with van der Waals surface area (Å²) in [6.07, 6.45) is 0.704. The SMILES string of the molecule is CC1(N)CN2CCC1(C(=O)O)C2. The average molecular weight is 170 g/mol. The highest BCUT2D eigenvalue weighted by atomic mass is 16.4.